The lowest BCUT2D eigenvalue weighted by Crippen LogP contribution is -2.44. The number of hydrogen-bond donors (Lipinski definition) is 1. The van der Waals surface area contributed by atoms with Gasteiger partial charge in [-0.3, -0.25) is 4.68 Å². The zero-order chi connectivity index (χ0) is 16.6. The van der Waals surface area contributed by atoms with E-state index in [1.165, 1.54) is 4.90 Å². The lowest BCUT2D eigenvalue weighted by atomic mass is 10.2. The molecule has 0 bridgehead atoms. The number of amides is 2. The van der Waals surface area contributed by atoms with Crippen molar-refractivity contribution in [1.82, 2.24) is 20.0 Å². The van der Waals surface area contributed by atoms with Gasteiger partial charge in [0.05, 0.1) is 12.6 Å². The van der Waals surface area contributed by atoms with Crippen LogP contribution < -0.4 is 5.32 Å². The van der Waals surface area contributed by atoms with Crippen LogP contribution in [0.25, 0.3) is 0 Å². The van der Waals surface area contributed by atoms with Crippen LogP contribution in [0.2, 0.25) is 0 Å². The lowest BCUT2D eigenvalue weighted by molar-refractivity contribution is 0.186. The summed E-state index contributed by atoms with van der Waals surface area (Å²) in [6, 6.07) is 12.6. The van der Waals surface area contributed by atoms with Crippen LogP contribution in [0.5, 0.6) is 0 Å². The van der Waals surface area contributed by atoms with Gasteiger partial charge in [0.25, 0.3) is 0 Å². The van der Waals surface area contributed by atoms with Crippen molar-refractivity contribution in [3.05, 3.63) is 48.8 Å². The first-order valence-corrected chi connectivity index (χ1v) is 9.51. The van der Waals surface area contributed by atoms with Gasteiger partial charge in [-0.25, -0.2) is 4.79 Å². The quantitative estimate of drug-likeness (QED) is 0.620. The van der Waals surface area contributed by atoms with Crippen LogP contribution in [0.1, 0.15) is 19.3 Å². The van der Waals surface area contributed by atoms with E-state index >= 15 is 0 Å². The van der Waals surface area contributed by atoms with Crippen LogP contribution in [0, 0.1) is 0 Å². The largest absolute Gasteiger partial charge is 0.338 e. The van der Waals surface area contributed by atoms with Crippen molar-refractivity contribution in [2.75, 3.05) is 18.8 Å². The summed E-state index contributed by atoms with van der Waals surface area (Å²) in [5.74, 6) is 1.01. The monoisotopic (exact) mass is 344 g/mol. The molecule has 24 heavy (non-hydrogen) atoms. The van der Waals surface area contributed by atoms with Crippen molar-refractivity contribution in [1.29, 1.82) is 0 Å². The molecule has 1 aliphatic heterocycles. The number of benzene rings is 1. The van der Waals surface area contributed by atoms with E-state index in [9.17, 15) is 4.79 Å². The second-order valence-electron chi connectivity index (χ2n) is 5.96. The maximum Gasteiger partial charge on any atom is 0.317 e. The summed E-state index contributed by atoms with van der Waals surface area (Å²) < 4.78 is 1.91. The van der Waals surface area contributed by atoms with Gasteiger partial charge in [0, 0.05) is 30.4 Å². The molecule has 3 rings (SSSR count). The highest BCUT2D eigenvalue weighted by Crippen LogP contribution is 2.19. The van der Waals surface area contributed by atoms with E-state index < -0.39 is 0 Å². The predicted molar refractivity (Wildman–Crippen MR) is 97.1 cm³/mol. The van der Waals surface area contributed by atoms with Crippen molar-refractivity contribution in [2.24, 2.45) is 0 Å². The van der Waals surface area contributed by atoms with Gasteiger partial charge in [-0.05, 0) is 43.2 Å². The number of aromatic nitrogens is 2. The minimum absolute atomic E-state index is 0.0642. The Hall–Kier alpha value is -1.95. The van der Waals surface area contributed by atoms with E-state index in [2.05, 4.69) is 34.7 Å². The van der Waals surface area contributed by atoms with Crippen molar-refractivity contribution >= 4 is 17.8 Å². The Labute approximate surface area is 147 Å². The zero-order valence-corrected chi connectivity index (χ0v) is 14.6. The molecule has 2 heterocycles. The van der Waals surface area contributed by atoms with Gasteiger partial charge >= 0.3 is 6.03 Å². The smallest absolute Gasteiger partial charge is 0.317 e. The number of hydrogen-bond acceptors (Lipinski definition) is 3. The van der Waals surface area contributed by atoms with Gasteiger partial charge in [0.15, 0.2) is 0 Å². The van der Waals surface area contributed by atoms with E-state index in [0.29, 0.717) is 0 Å². The molecule has 1 atom stereocenters. The molecule has 1 aromatic heterocycles. The molecular formula is C18H24N4OS. The van der Waals surface area contributed by atoms with Crippen molar-refractivity contribution in [2.45, 2.75) is 36.7 Å². The van der Waals surface area contributed by atoms with E-state index in [4.69, 9.17) is 0 Å². The number of rotatable bonds is 7. The van der Waals surface area contributed by atoms with Gasteiger partial charge in [-0.15, -0.1) is 11.8 Å². The Morgan fingerprint density at radius 1 is 1.29 bits per heavy atom. The molecule has 0 radical (unpaired) electrons. The fourth-order valence-corrected chi connectivity index (χ4v) is 3.87. The number of nitrogens with one attached hydrogen (secondary N) is 1. The Bertz CT molecular complexity index is 617. The fraction of sp³-hybridized carbons (Fsp3) is 0.444. The predicted octanol–water partition coefficient (Wildman–Crippen LogP) is 3.24. The minimum atomic E-state index is 0.0642. The average molecular weight is 344 g/mol. The fourth-order valence-electron chi connectivity index (χ4n) is 2.99. The number of nitrogens with zero attached hydrogens (tertiary/aromatic N) is 3. The number of urea groups is 1. The molecule has 2 aromatic rings. The molecule has 2 amide bonds. The molecular weight excluding hydrogens is 320 g/mol. The zero-order valence-electron chi connectivity index (χ0n) is 13.8. The summed E-state index contributed by atoms with van der Waals surface area (Å²) in [6.45, 7) is 2.35. The standard InChI is InChI=1S/C18H24N4OS/c23-18(19-10-6-14-24-17-8-2-1-3-9-17)22-13-4-7-16(22)15-21-12-5-11-20-21/h1-3,5,8-9,11-12,16H,4,6-7,10,13-15H2,(H,19,23)/t16-/m1/s1. The highest BCUT2D eigenvalue weighted by molar-refractivity contribution is 7.99. The number of carbonyl (C=O) groups excluding carboxylic acids is 1. The Morgan fingerprint density at radius 3 is 2.96 bits per heavy atom. The van der Waals surface area contributed by atoms with Gasteiger partial charge in [0.1, 0.15) is 0 Å². The summed E-state index contributed by atoms with van der Waals surface area (Å²) in [5.41, 5.74) is 0. The van der Waals surface area contributed by atoms with Crippen LogP contribution in [0.4, 0.5) is 4.79 Å². The highest BCUT2D eigenvalue weighted by atomic mass is 32.2. The average Bonchev–Trinajstić information content (AvgIpc) is 3.28. The highest BCUT2D eigenvalue weighted by Gasteiger charge is 2.28. The lowest BCUT2D eigenvalue weighted by Gasteiger charge is -2.25. The Balaban J connectivity index is 1.36. The van der Waals surface area contributed by atoms with E-state index in [-0.39, 0.29) is 12.1 Å². The molecule has 5 nitrogen and oxygen atoms in total. The summed E-state index contributed by atoms with van der Waals surface area (Å²) in [7, 11) is 0. The molecule has 1 saturated heterocycles. The summed E-state index contributed by atoms with van der Waals surface area (Å²) in [6.07, 6.45) is 6.84. The Morgan fingerprint density at radius 2 is 2.17 bits per heavy atom. The number of likely N-dealkylation sites (tertiary alicyclic amines) is 1. The number of thioether (sulfide) groups is 1. The molecule has 6 heteroatoms. The van der Waals surface area contributed by atoms with Crippen LogP contribution in [0.15, 0.2) is 53.7 Å². The first kappa shape index (κ1) is 16.9. The normalized spacial score (nSPS) is 17.2. The van der Waals surface area contributed by atoms with E-state index in [1.807, 2.05) is 39.7 Å². The molecule has 0 spiro atoms. The van der Waals surface area contributed by atoms with Crippen LogP contribution in [-0.4, -0.2) is 45.6 Å². The van der Waals surface area contributed by atoms with Gasteiger partial charge < -0.3 is 10.2 Å². The van der Waals surface area contributed by atoms with Gasteiger partial charge in [-0.2, -0.15) is 5.10 Å². The third kappa shape index (κ3) is 4.77. The minimum Gasteiger partial charge on any atom is -0.338 e. The third-order valence-corrected chi connectivity index (χ3v) is 5.30. The Kier molecular flexibility index (Phi) is 6.18. The third-order valence-electron chi connectivity index (χ3n) is 4.20. The molecule has 0 aliphatic carbocycles. The maximum atomic E-state index is 12.4. The SMILES string of the molecule is O=C(NCCCSc1ccccc1)N1CCC[C@@H]1Cn1cccn1. The summed E-state index contributed by atoms with van der Waals surface area (Å²) in [5, 5.41) is 7.31. The van der Waals surface area contributed by atoms with Crippen LogP contribution in [0.3, 0.4) is 0 Å². The topological polar surface area (TPSA) is 50.2 Å². The first-order chi connectivity index (χ1) is 11.8. The molecule has 1 aromatic carbocycles. The second kappa shape index (κ2) is 8.78. The van der Waals surface area contributed by atoms with Crippen molar-refractivity contribution in [3.8, 4) is 0 Å². The molecule has 128 valence electrons. The molecule has 1 aliphatic rings. The van der Waals surface area contributed by atoms with E-state index in [1.54, 1.807) is 6.20 Å². The molecule has 0 unspecified atom stereocenters. The summed E-state index contributed by atoms with van der Waals surface area (Å²) >= 11 is 1.83. The van der Waals surface area contributed by atoms with Crippen molar-refractivity contribution < 1.29 is 4.79 Å². The number of carbonyl (C=O) groups is 1. The molecule has 0 saturated carbocycles. The van der Waals surface area contributed by atoms with E-state index in [0.717, 1.165) is 44.6 Å². The first-order valence-electron chi connectivity index (χ1n) is 8.52. The van der Waals surface area contributed by atoms with Crippen LogP contribution in [-0.2, 0) is 6.54 Å². The maximum absolute atomic E-state index is 12.4. The van der Waals surface area contributed by atoms with Gasteiger partial charge in [0.2, 0.25) is 0 Å². The van der Waals surface area contributed by atoms with Gasteiger partial charge in [-0.1, -0.05) is 18.2 Å². The second-order valence-corrected chi connectivity index (χ2v) is 7.13. The molecule has 1 N–H and O–H groups in total. The molecule has 1 fully saturated rings. The summed E-state index contributed by atoms with van der Waals surface area (Å²) in [4.78, 5) is 15.6. The van der Waals surface area contributed by atoms with Crippen molar-refractivity contribution in [3.63, 3.8) is 0 Å². The van der Waals surface area contributed by atoms with Crippen LogP contribution >= 0.6 is 11.8 Å².